The molecule has 0 heterocycles. The van der Waals surface area contributed by atoms with Crippen LogP contribution in [0.5, 0.6) is 0 Å². The summed E-state index contributed by atoms with van der Waals surface area (Å²) in [6.45, 7) is 7.54. The van der Waals surface area contributed by atoms with Crippen molar-refractivity contribution >= 4 is 5.97 Å². The molecule has 0 saturated carbocycles. The van der Waals surface area contributed by atoms with Crippen LogP contribution in [0.1, 0.15) is 72.1 Å². The first-order valence-electron chi connectivity index (χ1n) is 9.87. The van der Waals surface area contributed by atoms with Crippen LogP contribution < -0.4 is 0 Å². The van der Waals surface area contributed by atoms with E-state index in [0.717, 1.165) is 24.2 Å². The highest BCUT2D eigenvalue weighted by Gasteiger charge is 2.32. The van der Waals surface area contributed by atoms with Crippen molar-refractivity contribution in [3.05, 3.63) is 70.3 Å². The summed E-state index contributed by atoms with van der Waals surface area (Å²) in [5, 5.41) is 0. The maximum absolute atomic E-state index is 11.7. The molecule has 2 aromatic rings. The van der Waals surface area contributed by atoms with Crippen LogP contribution >= 0.6 is 0 Å². The largest absolute Gasteiger partial charge is 0.462 e. The first-order valence-corrected chi connectivity index (χ1v) is 9.87. The Morgan fingerprint density at radius 1 is 1.11 bits per heavy atom. The molecule has 0 N–H and O–H groups in total. The number of carbonyl (C=O) groups is 1. The standard InChI is InChI=1S/C25H28O3/c1-5-28-24(26)20-11-8-18(9-12-20)6-7-19-10-13-23-22(16-19)21(17-27-4)14-15-25(23,2)3/h8-13,16,21H,5,14-15,17H2,1-4H3. The molecule has 146 valence electrons. The van der Waals surface area contributed by atoms with E-state index in [1.54, 1.807) is 26.2 Å². The monoisotopic (exact) mass is 376 g/mol. The summed E-state index contributed by atoms with van der Waals surface area (Å²) in [6, 6.07) is 13.8. The van der Waals surface area contributed by atoms with E-state index in [-0.39, 0.29) is 11.4 Å². The maximum Gasteiger partial charge on any atom is 0.338 e. The van der Waals surface area contributed by atoms with Crippen molar-refractivity contribution in [2.24, 2.45) is 0 Å². The molecule has 1 aliphatic carbocycles. The zero-order valence-corrected chi connectivity index (χ0v) is 17.2. The Bertz CT molecular complexity index is 898. The minimum atomic E-state index is -0.302. The van der Waals surface area contributed by atoms with Gasteiger partial charge in [-0.3, -0.25) is 0 Å². The predicted octanol–water partition coefficient (Wildman–Crippen LogP) is 5.06. The van der Waals surface area contributed by atoms with Crippen molar-refractivity contribution in [1.29, 1.82) is 0 Å². The number of fused-ring (bicyclic) bond motifs is 1. The normalized spacial score (nSPS) is 17.2. The van der Waals surface area contributed by atoms with Gasteiger partial charge in [0.25, 0.3) is 0 Å². The highest BCUT2D eigenvalue weighted by Crippen LogP contribution is 2.42. The van der Waals surface area contributed by atoms with Gasteiger partial charge in [0.15, 0.2) is 0 Å². The summed E-state index contributed by atoms with van der Waals surface area (Å²) >= 11 is 0. The molecule has 0 bridgehead atoms. The van der Waals surface area contributed by atoms with Crippen LogP contribution in [0, 0.1) is 11.8 Å². The minimum Gasteiger partial charge on any atom is -0.462 e. The summed E-state index contributed by atoms with van der Waals surface area (Å²) in [4.78, 5) is 11.7. The van der Waals surface area contributed by atoms with Gasteiger partial charge in [-0.1, -0.05) is 31.8 Å². The number of benzene rings is 2. The highest BCUT2D eigenvalue weighted by atomic mass is 16.5. The number of esters is 1. The third kappa shape index (κ3) is 4.46. The molecule has 0 spiro atoms. The lowest BCUT2D eigenvalue weighted by molar-refractivity contribution is 0.0526. The molecular weight excluding hydrogens is 348 g/mol. The molecule has 3 nitrogen and oxygen atoms in total. The molecule has 0 aromatic heterocycles. The Morgan fingerprint density at radius 3 is 2.46 bits per heavy atom. The topological polar surface area (TPSA) is 35.5 Å². The van der Waals surface area contributed by atoms with Gasteiger partial charge >= 0.3 is 5.97 Å². The average Bonchev–Trinajstić information content (AvgIpc) is 2.69. The lowest BCUT2D eigenvalue weighted by atomic mass is 9.68. The van der Waals surface area contributed by atoms with E-state index < -0.39 is 0 Å². The van der Waals surface area contributed by atoms with Gasteiger partial charge in [0.1, 0.15) is 0 Å². The van der Waals surface area contributed by atoms with Crippen LogP contribution in [0.15, 0.2) is 42.5 Å². The second-order valence-corrected chi connectivity index (χ2v) is 7.92. The van der Waals surface area contributed by atoms with Crippen molar-refractivity contribution in [1.82, 2.24) is 0 Å². The summed E-state index contributed by atoms with van der Waals surface area (Å²) in [7, 11) is 1.77. The lowest BCUT2D eigenvalue weighted by Crippen LogP contribution is -2.28. The molecule has 1 aliphatic rings. The van der Waals surface area contributed by atoms with Gasteiger partial charge in [0.05, 0.1) is 18.8 Å². The van der Waals surface area contributed by atoms with Gasteiger partial charge in [-0.25, -0.2) is 4.79 Å². The number of ether oxygens (including phenoxy) is 2. The maximum atomic E-state index is 11.7. The van der Waals surface area contributed by atoms with Gasteiger partial charge < -0.3 is 9.47 Å². The summed E-state index contributed by atoms with van der Waals surface area (Å²) < 4.78 is 10.5. The fourth-order valence-corrected chi connectivity index (χ4v) is 3.84. The molecule has 0 fully saturated rings. The lowest BCUT2D eigenvalue weighted by Gasteiger charge is -2.37. The fourth-order valence-electron chi connectivity index (χ4n) is 3.84. The van der Waals surface area contributed by atoms with Gasteiger partial charge in [-0.2, -0.15) is 0 Å². The van der Waals surface area contributed by atoms with E-state index in [4.69, 9.17) is 9.47 Å². The summed E-state index contributed by atoms with van der Waals surface area (Å²) in [5.74, 6) is 6.59. The van der Waals surface area contributed by atoms with E-state index >= 15 is 0 Å². The third-order valence-electron chi connectivity index (χ3n) is 5.45. The van der Waals surface area contributed by atoms with E-state index in [1.165, 1.54) is 17.5 Å². The molecule has 28 heavy (non-hydrogen) atoms. The average molecular weight is 376 g/mol. The molecule has 0 aliphatic heterocycles. The van der Waals surface area contributed by atoms with Gasteiger partial charge in [-0.15, -0.1) is 0 Å². The number of rotatable bonds is 4. The van der Waals surface area contributed by atoms with Crippen LogP contribution in [0.25, 0.3) is 0 Å². The van der Waals surface area contributed by atoms with Crippen LogP contribution in [0.4, 0.5) is 0 Å². The predicted molar refractivity (Wildman–Crippen MR) is 112 cm³/mol. The van der Waals surface area contributed by atoms with Crippen molar-refractivity contribution in [2.75, 3.05) is 20.3 Å². The number of methoxy groups -OCH3 is 1. The van der Waals surface area contributed by atoms with E-state index in [2.05, 4.69) is 43.9 Å². The zero-order chi connectivity index (χ0) is 20.1. The first kappa shape index (κ1) is 20.2. The SMILES string of the molecule is CCOC(=O)c1ccc(C#Cc2ccc3c(c2)C(COC)CCC3(C)C)cc1. The van der Waals surface area contributed by atoms with Crippen LogP contribution in [-0.2, 0) is 14.9 Å². The van der Waals surface area contributed by atoms with Crippen molar-refractivity contribution in [2.45, 2.75) is 44.9 Å². The van der Waals surface area contributed by atoms with Crippen molar-refractivity contribution in [3.63, 3.8) is 0 Å². The van der Waals surface area contributed by atoms with Crippen LogP contribution in [-0.4, -0.2) is 26.3 Å². The first-order chi connectivity index (χ1) is 13.4. The van der Waals surface area contributed by atoms with E-state index in [1.807, 2.05) is 12.1 Å². The number of carbonyl (C=O) groups excluding carboxylic acids is 1. The Labute approximate surface area is 168 Å². The number of hydrogen-bond acceptors (Lipinski definition) is 3. The smallest absolute Gasteiger partial charge is 0.338 e. The highest BCUT2D eigenvalue weighted by molar-refractivity contribution is 5.89. The molecule has 1 unspecified atom stereocenters. The molecular formula is C25H28O3. The Hall–Kier alpha value is -2.57. The van der Waals surface area contributed by atoms with Crippen LogP contribution in [0.2, 0.25) is 0 Å². The van der Waals surface area contributed by atoms with Gasteiger partial charge in [-0.05, 0) is 72.7 Å². The van der Waals surface area contributed by atoms with E-state index in [9.17, 15) is 4.79 Å². The molecule has 0 saturated heterocycles. The van der Waals surface area contributed by atoms with Crippen molar-refractivity contribution < 1.29 is 14.3 Å². The quantitative estimate of drug-likeness (QED) is 0.552. The molecule has 3 rings (SSSR count). The van der Waals surface area contributed by atoms with E-state index in [0.29, 0.717) is 18.1 Å². The molecule has 3 heteroatoms. The Balaban J connectivity index is 1.84. The Kier molecular flexibility index (Phi) is 6.21. The molecule has 0 amide bonds. The van der Waals surface area contributed by atoms with Gasteiger partial charge in [0.2, 0.25) is 0 Å². The number of hydrogen-bond donors (Lipinski definition) is 0. The Morgan fingerprint density at radius 2 is 1.79 bits per heavy atom. The molecule has 2 aromatic carbocycles. The minimum absolute atomic E-state index is 0.189. The van der Waals surface area contributed by atoms with Crippen molar-refractivity contribution in [3.8, 4) is 11.8 Å². The van der Waals surface area contributed by atoms with Crippen LogP contribution in [0.3, 0.4) is 0 Å². The fraction of sp³-hybridized carbons (Fsp3) is 0.400. The molecule has 1 atom stereocenters. The second-order valence-electron chi connectivity index (χ2n) is 7.92. The second kappa shape index (κ2) is 8.63. The third-order valence-corrected chi connectivity index (χ3v) is 5.45. The zero-order valence-electron chi connectivity index (χ0n) is 17.2. The summed E-state index contributed by atoms with van der Waals surface area (Å²) in [6.07, 6.45) is 2.31. The molecule has 0 radical (unpaired) electrons. The summed E-state index contributed by atoms with van der Waals surface area (Å²) in [5.41, 5.74) is 5.39. The van der Waals surface area contributed by atoms with Gasteiger partial charge in [0, 0.05) is 24.2 Å².